The maximum absolute atomic E-state index is 14.5. The summed E-state index contributed by atoms with van der Waals surface area (Å²) >= 11 is 0. The van der Waals surface area contributed by atoms with Crippen molar-refractivity contribution in [2.45, 2.75) is 0 Å². The molecule has 5 nitrogen and oxygen atoms in total. The fourth-order valence-corrected chi connectivity index (χ4v) is 3.39. The summed E-state index contributed by atoms with van der Waals surface area (Å²) in [5.74, 6) is -1.28. The lowest BCUT2D eigenvalue weighted by molar-refractivity contribution is -0.111. The summed E-state index contributed by atoms with van der Waals surface area (Å²) in [6.45, 7) is 3.43. The van der Waals surface area contributed by atoms with Crippen LogP contribution in [-0.2, 0) is 4.79 Å². The second kappa shape index (κ2) is 6.66. The molecule has 4 N–H and O–H groups in total. The molecule has 0 saturated carbocycles. The Morgan fingerprint density at radius 3 is 2.57 bits per heavy atom. The van der Waals surface area contributed by atoms with Crippen LogP contribution in [0.3, 0.4) is 0 Å². The van der Waals surface area contributed by atoms with Gasteiger partial charge >= 0.3 is 0 Å². The number of nitrogens with two attached hydrogens (primary N) is 1. The number of hydrogen-bond acceptors (Lipinski definition) is 2. The molecule has 0 unspecified atom stereocenters. The predicted molar refractivity (Wildman–Crippen MR) is 109 cm³/mol. The molecular formula is C22H16FN3O2. The molecule has 1 aromatic heterocycles. The first-order chi connectivity index (χ1) is 13.5. The van der Waals surface area contributed by atoms with Crippen molar-refractivity contribution in [3.63, 3.8) is 0 Å². The molecule has 0 aliphatic rings. The molecule has 28 heavy (non-hydrogen) atoms. The highest BCUT2D eigenvalue weighted by molar-refractivity contribution is 6.20. The number of primary amides is 1. The van der Waals surface area contributed by atoms with Crippen LogP contribution in [-0.4, -0.2) is 16.8 Å². The molecule has 3 aromatic carbocycles. The molecule has 0 aliphatic heterocycles. The van der Waals surface area contributed by atoms with Crippen molar-refractivity contribution in [3.05, 3.63) is 78.6 Å². The lowest BCUT2D eigenvalue weighted by Crippen LogP contribution is -2.11. The Labute approximate surface area is 159 Å². The molecule has 2 amide bonds. The number of aromatic amines is 1. The van der Waals surface area contributed by atoms with E-state index in [-0.39, 0.29) is 11.7 Å². The number of hydrogen-bond donors (Lipinski definition) is 3. The topological polar surface area (TPSA) is 88.0 Å². The zero-order valence-electron chi connectivity index (χ0n) is 14.8. The predicted octanol–water partition coefficient (Wildman–Crippen LogP) is 4.35. The van der Waals surface area contributed by atoms with Crippen molar-refractivity contribution >= 4 is 39.3 Å². The smallest absolute Gasteiger partial charge is 0.250 e. The van der Waals surface area contributed by atoms with Gasteiger partial charge in [0.05, 0.1) is 11.1 Å². The van der Waals surface area contributed by atoms with E-state index in [2.05, 4.69) is 16.9 Å². The van der Waals surface area contributed by atoms with Gasteiger partial charge in [0.2, 0.25) is 5.91 Å². The van der Waals surface area contributed by atoms with E-state index in [4.69, 9.17) is 5.73 Å². The largest absolute Gasteiger partial charge is 0.366 e. The number of anilines is 1. The van der Waals surface area contributed by atoms with Crippen molar-refractivity contribution in [2.75, 3.05) is 5.32 Å². The van der Waals surface area contributed by atoms with Gasteiger partial charge in [-0.05, 0) is 35.9 Å². The van der Waals surface area contributed by atoms with E-state index in [1.54, 1.807) is 42.5 Å². The van der Waals surface area contributed by atoms with Gasteiger partial charge < -0.3 is 16.0 Å². The summed E-state index contributed by atoms with van der Waals surface area (Å²) in [6.07, 6.45) is 1.18. The third-order valence-electron chi connectivity index (χ3n) is 4.64. The number of aromatic nitrogens is 1. The van der Waals surface area contributed by atoms with Crippen LogP contribution in [0, 0.1) is 5.82 Å². The van der Waals surface area contributed by atoms with Crippen LogP contribution >= 0.6 is 0 Å². The third kappa shape index (κ3) is 2.81. The number of rotatable bonds is 4. The van der Waals surface area contributed by atoms with Crippen molar-refractivity contribution in [3.8, 4) is 11.1 Å². The normalized spacial score (nSPS) is 10.9. The quantitative estimate of drug-likeness (QED) is 0.464. The maximum Gasteiger partial charge on any atom is 0.250 e. The summed E-state index contributed by atoms with van der Waals surface area (Å²) in [4.78, 5) is 26.7. The summed E-state index contributed by atoms with van der Waals surface area (Å²) in [6, 6.07) is 15.0. The molecule has 0 aliphatic carbocycles. The van der Waals surface area contributed by atoms with E-state index in [1.165, 1.54) is 12.1 Å². The molecule has 6 heteroatoms. The zero-order chi connectivity index (χ0) is 19.8. The first-order valence-electron chi connectivity index (χ1n) is 8.56. The van der Waals surface area contributed by atoms with Gasteiger partial charge in [0, 0.05) is 27.5 Å². The number of halogens is 1. The van der Waals surface area contributed by atoms with E-state index in [0.29, 0.717) is 38.8 Å². The minimum absolute atomic E-state index is 0.308. The number of H-pyrrole nitrogens is 1. The second-order valence-corrected chi connectivity index (χ2v) is 6.33. The van der Waals surface area contributed by atoms with Gasteiger partial charge in [0.15, 0.2) is 0 Å². The van der Waals surface area contributed by atoms with Crippen LogP contribution in [0.25, 0.3) is 32.9 Å². The molecule has 0 bridgehead atoms. The van der Waals surface area contributed by atoms with Crippen LogP contribution < -0.4 is 11.1 Å². The van der Waals surface area contributed by atoms with E-state index in [9.17, 15) is 14.0 Å². The van der Waals surface area contributed by atoms with Crippen LogP contribution in [0.4, 0.5) is 10.1 Å². The van der Waals surface area contributed by atoms with Gasteiger partial charge in [-0.1, -0.05) is 36.9 Å². The molecule has 138 valence electrons. The minimum atomic E-state index is -0.586. The highest BCUT2D eigenvalue weighted by Gasteiger charge is 2.18. The van der Waals surface area contributed by atoms with Gasteiger partial charge in [0.25, 0.3) is 5.91 Å². The number of carbonyl (C=O) groups is 2. The highest BCUT2D eigenvalue weighted by Crippen LogP contribution is 2.38. The van der Waals surface area contributed by atoms with Crippen molar-refractivity contribution < 1.29 is 14.0 Å². The average Bonchev–Trinajstić information content (AvgIpc) is 3.06. The lowest BCUT2D eigenvalue weighted by Gasteiger charge is -2.08. The van der Waals surface area contributed by atoms with E-state index in [1.807, 2.05) is 6.07 Å². The van der Waals surface area contributed by atoms with Crippen molar-refractivity contribution in [2.24, 2.45) is 5.73 Å². The summed E-state index contributed by atoms with van der Waals surface area (Å²) in [5.41, 5.74) is 8.69. The number of carbonyl (C=O) groups excluding carboxylic acids is 2. The molecule has 0 radical (unpaired) electrons. The first kappa shape index (κ1) is 17.5. The fraction of sp³-hybridized carbons (Fsp3) is 0. The molecule has 0 fully saturated rings. The van der Waals surface area contributed by atoms with Crippen LogP contribution in [0.1, 0.15) is 10.4 Å². The van der Waals surface area contributed by atoms with Gasteiger partial charge in [-0.2, -0.15) is 0 Å². The van der Waals surface area contributed by atoms with Crippen LogP contribution in [0.2, 0.25) is 0 Å². The zero-order valence-corrected chi connectivity index (χ0v) is 14.8. The van der Waals surface area contributed by atoms with E-state index >= 15 is 0 Å². The molecule has 0 saturated heterocycles. The first-order valence-corrected chi connectivity index (χ1v) is 8.56. The Kier molecular flexibility index (Phi) is 4.16. The Bertz CT molecular complexity index is 1270. The van der Waals surface area contributed by atoms with Gasteiger partial charge in [0.1, 0.15) is 5.82 Å². The fourth-order valence-electron chi connectivity index (χ4n) is 3.39. The molecule has 4 rings (SSSR count). The highest BCUT2D eigenvalue weighted by atomic mass is 19.1. The summed E-state index contributed by atoms with van der Waals surface area (Å²) in [7, 11) is 0. The number of amides is 2. The SMILES string of the molecule is C=CC(=O)Nc1ccc2c(c1)[nH]c1c(C(N)=O)ccc(-c3ccccc3F)c12. The summed E-state index contributed by atoms with van der Waals surface area (Å²) < 4.78 is 14.5. The number of fused-ring (bicyclic) bond motifs is 3. The molecule has 4 aromatic rings. The van der Waals surface area contributed by atoms with Crippen LogP contribution in [0.15, 0.2) is 67.3 Å². The third-order valence-corrected chi connectivity index (χ3v) is 4.64. The standard InChI is InChI=1S/C22H16FN3O2/c1-2-19(27)25-12-7-8-15-18(11-12)26-21-16(22(24)28)10-9-14(20(15)21)13-5-3-4-6-17(13)23/h2-11,26H,1H2,(H2,24,28)(H,25,27). The van der Waals surface area contributed by atoms with Crippen molar-refractivity contribution in [1.82, 2.24) is 4.98 Å². The van der Waals surface area contributed by atoms with Crippen LogP contribution in [0.5, 0.6) is 0 Å². The van der Waals surface area contributed by atoms with Gasteiger partial charge in [-0.25, -0.2) is 4.39 Å². The van der Waals surface area contributed by atoms with Crippen molar-refractivity contribution in [1.29, 1.82) is 0 Å². The number of benzene rings is 3. The summed E-state index contributed by atoms with van der Waals surface area (Å²) in [5, 5.41) is 4.17. The molecule has 0 spiro atoms. The molecule has 1 heterocycles. The Balaban J connectivity index is 2.04. The Hall–Kier alpha value is -3.93. The van der Waals surface area contributed by atoms with Gasteiger partial charge in [-0.15, -0.1) is 0 Å². The minimum Gasteiger partial charge on any atom is -0.366 e. The lowest BCUT2D eigenvalue weighted by atomic mass is 9.96. The number of nitrogens with one attached hydrogen (secondary N) is 2. The van der Waals surface area contributed by atoms with Gasteiger partial charge in [-0.3, -0.25) is 9.59 Å². The van der Waals surface area contributed by atoms with E-state index in [0.717, 1.165) is 5.39 Å². The Morgan fingerprint density at radius 1 is 1.07 bits per heavy atom. The van der Waals surface area contributed by atoms with E-state index < -0.39 is 5.91 Å². The average molecular weight is 373 g/mol. The monoisotopic (exact) mass is 373 g/mol. The Morgan fingerprint density at radius 2 is 1.86 bits per heavy atom. The maximum atomic E-state index is 14.5. The molecule has 0 atom stereocenters. The second-order valence-electron chi connectivity index (χ2n) is 6.33. The molecular weight excluding hydrogens is 357 g/mol.